The number of hydrogen-bond acceptors (Lipinski definition) is 5. The zero-order chi connectivity index (χ0) is 26.4. The van der Waals surface area contributed by atoms with Crippen LogP contribution in [-0.4, -0.2) is 43.8 Å². The summed E-state index contributed by atoms with van der Waals surface area (Å²) < 4.78 is 5.42. The van der Waals surface area contributed by atoms with Crippen LogP contribution in [0.3, 0.4) is 0 Å². The Hall–Kier alpha value is -3.94. The van der Waals surface area contributed by atoms with Crippen molar-refractivity contribution in [1.82, 2.24) is 5.32 Å². The van der Waals surface area contributed by atoms with Crippen LogP contribution < -0.4 is 20.7 Å². The van der Waals surface area contributed by atoms with Gasteiger partial charge in [0.05, 0.1) is 30.3 Å². The van der Waals surface area contributed by atoms with Gasteiger partial charge in [-0.3, -0.25) is 14.4 Å². The number of nitrogens with zero attached hydrogens (tertiary/aromatic N) is 2. The van der Waals surface area contributed by atoms with Gasteiger partial charge in [0, 0.05) is 18.2 Å². The molecule has 3 rings (SSSR count). The molecule has 8 nitrogen and oxygen atoms in total. The number of benzene rings is 2. The molecule has 3 amide bonds. The van der Waals surface area contributed by atoms with Crippen molar-refractivity contribution in [2.45, 2.75) is 32.9 Å². The fraction of sp³-hybridized carbons (Fsp3) is 0.357. The summed E-state index contributed by atoms with van der Waals surface area (Å²) in [6, 6.07) is 14.8. The number of nitrogens with one attached hydrogen (secondary N) is 1. The van der Waals surface area contributed by atoms with Crippen LogP contribution in [0.4, 0.5) is 5.69 Å². The normalized spacial score (nSPS) is 16.9. The summed E-state index contributed by atoms with van der Waals surface area (Å²) in [5.74, 6) is -2.13. The van der Waals surface area contributed by atoms with Crippen LogP contribution in [0.1, 0.15) is 37.8 Å². The fourth-order valence-electron chi connectivity index (χ4n) is 4.46. The van der Waals surface area contributed by atoms with E-state index in [-0.39, 0.29) is 12.3 Å². The van der Waals surface area contributed by atoms with Gasteiger partial charge in [-0.05, 0) is 37.0 Å². The first-order valence-corrected chi connectivity index (χ1v) is 12.0. The molecular formula is C28H34N4O4. The Morgan fingerprint density at radius 2 is 1.89 bits per heavy atom. The van der Waals surface area contributed by atoms with Crippen molar-refractivity contribution in [2.75, 3.05) is 19.1 Å². The van der Waals surface area contributed by atoms with E-state index in [2.05, 4.69) is 11.9 Å². The van der Waals surface area contributed by atoms with Crippen LogP contribution >= 0.6 is 0 Å². The number of carbonyl (C=O) groups is 3. The quantitative estimate of drug-likeness (QED) is 0.498. The molecule has 0 saturated carbocycles. The number of methoxy groups -OCH3 is 1. The third-order valence-electron chi connectivity index (χ3n) is 6.30. The van der Waals surface area contributed by atoms with E-state index in [1.54, 1.807) is 32.4 Å². The molecular weight excluding hydrogens is 456 g/mol. The van der Waals surface area contributed by atoms with Crippen molar-refractivity contribution in [3.8, 4) is 5.75 Å². The average molecular weight is 491 g/mol. The number of aliphatic imine (C=N–C) groups is 1. The van der Waals surface area contributed by atoms with Crippen LogP contribution in [-0.2, 0) is 14.4 Å². The average Bonchev–Trinajstić information content (AvgIpc) is 2.96. The van der Waals surface area contributed by atoms with Gasteiger partial charge in [0.15, 0.2) is 0 Å². The fourth-order valence-corrected chi connectivity index (χ4v) is 4.46. The van der Waals surface area contributed by atoms with E-state index in [0.29, 0.717) is 29.1 Å². The molecule has 36 heavy (non-hydrogen) atoms. The Morgan fingerprint density at radius 1 is 1.19 bits per heavy atom. The number of carbonyl (C=O) groups excluding carboxylic acids is 3. The number of likely N-dealkylation sites (N-methyl/N-ethyl adjacent to an activating group) is 1. The van der Waals surface area contributed by atoms with Gasteiger partial charge >= 0.3 is 0 Å². The van der Waals surface area contributed by atoms with Crippen molar-refractivity contribution in [1.29, 1.82) is 0 Å². The number of primary amides is 1. The van der Waals surface area contributed by atoms with Gasteiger partial charge in [0.1, 0.15) is 5.75 Å². The van der Waals surface area contributed by atoms with Crippen molar-refractivity contribution in [3.63, 3.8) is 0 Å². The summed E-state index contributed by atoms with van der Waals surface area (Å²) in [7, 11) is 3.22. The van der Waals surface area contributed by atoms with E-state index in [9.17, 15) is 14.4 Å². The molecule has 3 unspecified atom stereocenters. The zero-order valence-electron chi connectivity index (χ0n) is 21.2. The summed E-state index contributed by atoms with van der Waals surface area (Å²) in [5.41, 5.74) is 8.32. The highest BCUT2D eigenvalue weighted by Gasteiger charge is 2.36. The predicted octanol–water partition coefficient (Wildman–Crippen LogP) is 3.29. The molecule has 2 aromatic carbocycles. The predicted molar refractivity (Wildman–Crippen MR) is 141 cm³/mol. The summed E-state index contributed by atoms with van der Waals surface area (Å²) in [6.07, 6.45) is 1.08. The van der Waals surface area contributed by atoms with Gasteiger partial charge < -0.3 is 20.7 Å². The minimum absolute atomic E-state index is 0.125. The van der Waals surface area contributed by atoms with Gasteiger partial charge in [0.2, 0.25) is 18.0 Å². The highest BCUT2D eigenvalue weighted by atomic mass is 16.5. The number of nitrogens with two attached hydrogens (primary N) is 1. The highest BCUT2D eigenvalue weighted by molar-refractivity contribution is 6.20. The first-order chi connectivity index (χ1) is 17.2. The lowest BCUT2D eigenvalue weighted by molar-refractivity contribution is -0.135. The third kappa shape index (κ3) is 5.82. The molecule has 2 aromatic rings. The van der Waals surface area contributed by atoms with Crippen LogP contribution in [0.2, 0.25) is 0 Å². The number of benzodiazepines with no additional fused rings is 1. The molecule has 0 bridgehead atoms. The third-order valence-corrected chi connectivity index (χ3v) is 6.30. The molecule has 0 radical (unpaired) electrons. The summed E-state index contributed by atoms with van der Waals surface area (Å²) in [5, 5.41) is 2.81. The van der Waals surface area contributed by atoms with Crippen molar-refractivity contribution >= 4 is 29.1 Å². The number of fused-ring (bicyclic) bond motifs is 1. The second kappa shape index (κ2) is 11.7. The van der Waals surface area contributed by atoms with E-state index in [1.165, 1.54) is 4.90 Å². The maximum Gasteiger partial charge on any atom is 0.272 e. The Bertz CT molecular complexity index is 1160. The second-order valence-corrected chi connectivity index (χ2v) is 9.30. The number of rotatable bonds is 10. The Kier molecular flexibility index (Phi) is 8.64. The summed E-state index contributed by atoms with van der Waals surface area (Å²) in [6.45, 7) is 7.63. The van der Waals surface area contributed by atoms with Crippen LogP contribution in [0.5, 0.6) is 5.75 Å². The zero-order valence-corrected chi connectivity index (χ0v) is 21.2. The number of amides is 3. The lowest BCUT2D eigenvalue weighted by Gasteiger charge is -2.27. The van der Waals surface area contributed by atoms with E-state index < -0.39 is 35.7 Å². The molecule has 3 N–H and O–H groups in total. The number of anilines is 1. The number of ether oxygens (including phenoxy) is 1. The first-order valence-electron chi connectivity index (χ1n) is 12.0. The standard InChI is InChI=1S/C28H34N4O4/c1-6-10-20(25(29)33)21(15-17(2)3)27(34)31-26-28(35)32(4)23-14-13-19(36-5)16-22(23)24(30-26)18-11-8-7-9-12-18/h6-9,11-14,16-17,20-21,26H,1,10,15H2,2-5H3,(H2,29,33)(H,31,34). The van der Waals surface area contributed by atoms with Gasteiger partial charge in [-0.25, -0.2) is 4.99 Å². The molecule has 1 heterocycles. The molecule has 3 atom stereocenters. The minimum atomic E-state index is -1.19. The van der Waals surface area contributed by atoms with Crippen LogP contribution in [0.15, 0.2) is 66.2 Å². The van der Waals surface area contributed by atoms with E-state index >= 15 is 0 Å². The largest absolute Gasteiger partial charge is 0.497 e. The molecule has 0 spiro atoms. The van der Waals surface area contributed by atoms with E-state index in [4.69, 9.17) is 15.5 Å². The smallest absolute Gasteiger partial charge is 0.272 e. The lowest BCUT2D eigenvalue weighted by Crippen LogP contribution is -2.50. The first kappa shape index (κ1) is 26.7. The lowest BCUT2D eigenvalue weighted by atomic mass is 9.82. The molecule has 0 saturated heterocycles. The van der Waals surface area contributed by atoms with Gasteiger partial charge in [0.25, 0.3) is 5.91 Å². The molecule has 0 aliphatic carbocycles. The van der Waals surface area contributed by atoms with Crippen LogP contribution in [0.25, 0.3) is 0 Å². The SMILES string of the molecule is C=CCC(C(N)=O)C(CC(C)C)C(=O)NC1N=C(c2ccccc2)c2cc(OC)ccc2N(C)C1=O. The summed E-state index contributed by atoms with van der Waals surface area (Å²) >= 11 is 0. The Labute approximate surface area is 212 Å². The van der Waals surface area contributed by atoms with Crippen molar-refractivity contribution in [2.24, 2.45) is 28.5 Å². The Morgan fingerprint density at radius 3 is 2.47 bits per heavy atom. The maximum atomic E-state index is 13.5. The Balaban J connectivity index is 2.08. The van der Waals surface area contributed by atoms with Crippen molar-refractivity contribution < 1.29 is 19.1 Å². The van der Waals surface area contributed by atoms with Gasteiger partial charge in [-0.15, -0.1) is 6.58 Å². The topological polar surface area (TPSA) is 114 Å². The molecule has 1 aliphatic heterocycles. The van der Waals surface area contributed by atoms with E-state index in [1.807, 2.05) is 50.2 Å². The van der Waals surface area contributed by atoms with E-state index in [0.717, 1.165) is 5.56 Å². The maximum absolute atomic E-state index is 13.5. The highest BCUT2D eigenvalue weighted by Crippen LogP contribution is 2.31. The molecule has 0 fully saturated rings. The van der Waals surface area contributed by atoms with Gasteiger partial charge in [-0.1, -0.05) is 50.3 Å². The number of hydrogen-bond donors (Lipinski definition) is 2. The molecule has 8 heteroatoms. The second-order valence-electron chi connectivity index (χ2n) is 9.30. The molecule has 190 valence electrons. The number of allylic oxidation sites excluding steroid dienone is 1. The van der Waals surface area contributed by atoms with Crippen molar-refractivity contribution in [3.05, 3.63) is 72.3 Å². The molecule has 0 aromatic heterocycles. The van der Waals surface area contributed by atoms with Crippen LogP contribution in [0, 0.1) is 17.8 Å². The minimum Gasteiger partial charge on any atom is -0.497 e. The molecule has 1 aliphatic rings. The monoisotopic (exact) mass is 490 g/mol. The van der Waals surface area contributed by atoms with Gasteiger partial charge in [-0.2, -0.15) is 0 Å². The summed E-state index contributed by atoms with van der Waals surface area (Å²) in [4.78, 5) is 45.5.